The van der Waals surface area contributed by atoms with Crippen LogP contribution in [0.3, 0.4) is 0 Å². The highest BCUT2D eigenvalue weighted by atomic mass is 16.2. The van der Waals surface area contributed by atoms with E-state index < -0.39 is 0 Å². The van der Waals surface area contributed by atoms with Crippen molar-refractivity contribution in [3.05, 3.63) is 35.0 Å². The Hall–Kier alpha value is -2.30. The minimum Gasteiger partial charge on any atom is -0.358 e. The molecule has 2 fully saturated rings. The van der Waals surface area contributed by atoms with Crippen LogP contribution in [0.15, 0.2) is 18.2 Å². The van der Waals surface area contributed by atoms with Crippen molar-refractivity contribution in [2.24, 2.45) is 11.8 Å². The number of hydrogen-bond acceptors (Lipinski definition) is 2. The van der Waals surface area contributed by atoms with Crippen molar-refractivity contribution in [3.63, 3.8) is 0 Å². The number of hydrogen-bond donors (Lipinski definition) is 2. The highest BCUT2D eigenvalue weighted by molar-refractivity contribution is 6.08. The van der Waals surface area contributed by atoms with Crippen LogP contribution in [0.4, 0.5) is 0 Å². The molecule has 2 N–H and O–H groups in total. The standard InChI is InChI=1S/C19H23N3O2/c1-11-12(2)21-16-5-3-4-15(17(11)16)19(24)22-9-14(10-22)18(23)20-8-13-6-7-13/h3-5,13-14,21H,6-10H2,1-2H3,(H,20,23). The Morgan fingerprint density at radius 3 is 2.71 bits per heavy atom. The fraction of sp³-hybridized carbons (Fsp3) is 0.474. The first-order chi connectivity index (χ1) is 11.5. The number of benzene rings is 1. The minimum absolute atomic E-state index is 0.0222. The fourth-order valence-electron chi connectivity index (χ4n) is 3.41. The van der Waals surface area contributed by atoms with Gasteiger partial charge in [0.25, 0.3) is 5.91 Å². The molecule has 1 aromatic carbocycles. The zero-order valence-electron chi connectivity index (χ0n) is 14.2. The normalized spacial score (nSPS) is 17.8. The van der Waals surface area contributed by atoms with Gasteiger partial charge in [0.05, 0.1) is 5.92 Å². The molecule has 0 unspecified atom stereocenters. The monoisotopic (exact) mass is 325 g/mol. The van der Waals surface area contributed by atoms with Gasteiger partial charge in [-0.25, -0.2) is 0 Å². The van der Waals surface area contributed by atoms with Crippen molar-refractivity contribution in [2.45, 2.75) is 26.7 Å². The number of aryl methyl sites for hydroxylation is 2. The molecule has 2 amide bonds. The fourth-order valence-corrected chi connectivity index (χ4v) is 3.41. The number of likely N-dealkylation sites (tertiary alicyclic amines) is 1. The van der Waals surface area contributed by atoms with Gasteiger partial charge in [-0.05, 0) is 50.3 Å². The molecule has 1 saturated carbocycles. The third-order valence-electron chi connectivity index (χ3n) is 5.36. The van der Waals surface area contributed by atoms with E-state index in [4.69, 9.17) is 0 Å². The molecule has 0 atom stereocenters. The maximum atomic E-state index is 12.8. The molecule has 126 valence electrons. The van der Waals surface area contributed by atoms with Crippen LogP contribution in [0.1, 0.15) is 34.5 Å². The Labute approximate surface area is 141 Å². The van der Waals surface area contributed by atoms with Crippen molar-refractivity contribution < 1.29 is 9.59 Å². The van der Waals surface area contributed by atoms with Gasteiger partial charge in [0.1, 0.15) is 0 Å². The van der Waals surface area contributed by atoms with Crippen LogP contribution in [0.25, 0.3) is 10.9 Å². The lowest BCUT2D eigenvalue weighted by molar-refractivity contribution is -0.129. The van der Waals surface area contributed by atoms with E-state index in [1.807, 2.05) is 32.0 Å². The summed E-state index contributed by atoms with van der Waals surface area (Å²) in [5.41, 5.74) is 3.93. The van der Waals surface area contributed by atoms with Crippen LogP contribution in [-0.4, -0.2) is 41.3 Å². The quantitative estimate of drug-likeness (QED) is 0.906. The Bertz CT molecular complexity index is 813. The summed E-state index contributed by atoms with van der Waals surface area (Å²) in [5, 5.41) is 4.01. The van der Waals surface area contributed by atoms with Crippen LogP contribution >= 0.6 is 0 Å². The summed E-state index contributed by atoms with van der Waals surface area (Å²) in [5.74, 6) is 0.747. The van der Waals surface area contributed by atoms with Gasteiger partial charge in [0.2, 0.25) is 5.91 Å². The van der Waals surface area contributed by atoms with Gasteiger partial charge < -0.3 is 15.2 Å². The summed E-state index contributed by atoms with van der Waals surface area (Å²) in [7, 11) is 0. The number of nitrogens with zero attached hydrogens (tertiary/aromatic N) is 1. The zero-order valence-corrected chi connectivity index (χ0v) is 14.2. The van der Waals surface area contributed by atoms with E-state index in [2.05, 4.69) is 10.3 Å². The van der Waals surface area contributed by atoms with Crippen molar-refractivity contribution >= 4 is 22.7 Å². The predicted octanol–water partition coefficient (Wildman–Crippen LogP) is 2.38. The van der Waals surface area contributed by atoms with Gasteiger partial charge in [-0.3, -0.25) is 9.59 Å². The third kappa shape index (κ3) is 2.58. The Morgan fingerprint density at radius 2 is 2.00 bits per heavy atom. The van der Waals surface area contributed by atoms with Crippen LogP contribution in [0, 0.1) is 25.7 Å². The SMILES string of the molecule is Cc1[nH]c2cccc(C(=O)N3CC(C(=O)NCC4CC4)C3)c2c1C. The number of carbonyl (C=O) groups is 2. The molecule has 1 aliphatic carbocycles. The number of H-pyrrole nitrogens is 1. The lowest BCUT2D eigenvalue weighted by Crippen LogP contribution is -2.55. The topological polar surface area (TPSA) is 65.2 Å². The number of fused-ring (bicyclic) bond motifs is 1. The molecule has 1 saturated heterocycles. The van der Waals surface area contributed by atoms with Crippen molar-refractivity contribution in [1.82, 2.24) is 15.2 Å². The van der Waals surface area contributed by atoms with Gasteiger partial charge in [-0.2, -0.15) is 0 Å². The average molecular weight is 325 g/mol. The molecule has 0 bridgehead atoms. The second-order valence-corrected chi connectivity index (χ2v) is 7.20. The van der Waals surface area contributed by atoms with E-state index in [-0.39, 0.29) is 17.7 Å². The predicted molar refractivity (Wildman–Crippen MR) is 92.9 cm³/mol. The number of rotatable bonds is 4. The Kier molecular flexibility index (Phi) is 3.59. The van der Waals surface area contributed by atoms with Crippen LogP contribution in [0.2, 0.25) is 0 Å². The van der Waals surface area contributed by atoms with E-state index in [1.54, 1.807) is 4.90 Å². The van der Waals surface area contributed by atoms with Gasteiger partial charge in [0.15, 0.2) is 0 Å². The van der Waals surface area contributed by atoms with Crippen LogP contribution < -0.4 is 5.32 Å². The molecular formula is C19H23N3O2. The summed E-state index contributed by atoms with van der Waals surface area (Å²) < 4.78 is 0. The van der Waals surface area contributed by atoms with E-state index >= 15 is 0 Å². The molecule has 4 rings (SSSR count). The van der Waals surface area contributed by atoms with E-state index in [0.29, 0.717) is 19.0 Å². The average Bonchev–Trinajstić information content (AvgIpc) is 3.30. The minimum atomic E-state index is -0.0547. The van der Waals surface area contributed by atoms with E-state index in [9.17, 15) is 9.59 Å². The number of aromatic amines is 1. The maximum absolute atomic E-state index is 12.8. The Morgan fingerprint density at radius 1 is 1.25 bits per heavy atom. The zero-order chi connectivity index (χ0) is 16.8. The lowest BCUT2D eigenvalue weighted by Gasteiger charge is -2.38. The number of amides is 2. The highest BCUT2D eigenvalue weighted by Gasteiger charge is 2.37. The number of carbonyl (C=O) groups excluding carboxylic acids is 2. The second kappa shape index (κ2) is 5.65. The summed E-state index contributed by atoms with van der Waals surface area (Å²) >= 11 is 0. The Balaban J connectivity index is 1.45. The van der Waals surface area contributed by atoms with Crippen molar-refractivity contribution in [1.29, 1.82) is 0 Å². The smallest absolute Gasteiger partial charge is 0.254 e. The van der Waals surface area contributed by atoms with Gasteiger partial charge >= 0.3 is 0 Å². The van der Waals surface area contributed by atoms with Gasteiger partial charge in [0, 0.05) is 41.8 Å². The summed E-state index contributed by atoms with van der Waals surface area (Å²) in [6, 6.07) is 5.78. The molecule has 2 heterocycles. The molecule has 2 aliphatic rings. The summed E-state index contributed by atoms with van der Waals surface area (Å²) in [6.45, 7) is 5.90. The van der Waals surface area contributed by atoms with Gasteiger partial charge in [-0.15, -0.1) is 0 Å². The van der Waals surface area contributed by atoms with Crippen molar-refractivity contribution in [2.75, 3.05) is 19.6 Å². The number of nitrogens with one attached hydrogen (secondary N) is 2. The first-order valence-electron chi connectivity index (χ1n) is 8.69. The molecule has 0 spiro atoms. The molecule has 1 aliphatic heterocycles. The number of aromatic nitrogens is 1. The van der Waals surface area contributed by atoms with E-state index in [1.165, 1.54) is 12.8 Å². The van der Waals surface area contributed by atoms with Crippen LogP contribution in [0.5, 0.6) is 0 Å². The molecule has 0 radical (unpaired) electrons. The van der Waals surface area contributed by atoms with Gasteiger partial charge in [-0.1, -0.05) is 6.07 Å². The molecule has 5 heteroatoms. The second-order valence-electron chi connectivity index (χ2n) is 7.20. The highest BCUT2D eigenvalue weighted by Crippen LogP contribution is 2.29. The van der Waals surface area contributed by atoms with E-state index in [0.717, 1.165) is 34.3 Å². The first kappa shape index (κ1) is 15.2. The molecule has 24 heavy (non-hydrogen) atoms. The summed E-state index contributed by atoms with van der Waals surface area (Å²) in [4.78, 5) is 30.0. The van der Waals surface area contributed by atoms with Crippen LogP contribution in [-0.2, 0) is 4.79 Å². The lowest BCUT2D eigenvalue weighted by atomic mass is 9.96. The first-order valence-corrected chi connectivity index (χ1v) is 8.69. The maximum Gasteiger partial charge on any atom is 0.254 e. The molecule has 5 nitrogen and oxygen atoms in total. The largest absolute Gasteiger partial charge is 0.358 e. The summed E-state index contributed by atoms with van der Waals surface area (Å²) in [6.07, 6.45) is 2.46. The molecular weight excluding hydrogens is 302 g/mol. The molecule has 1 aromatic heterocycles. The third-order valence-corrected chi connectivity index (χ3v) is 5.36. The molecule has 2 aromatic rings. The van der Waals surface area contributed by atoms with Crippen molar-refractivity contribution in [3.8, 4) is 0 Å².